The Bertz CT molecular complexity index is 1110. The molecule has 2 fully saturated rings. The highest BCUT2D eigenvalue weighted by Crippen LogP contribution is 2.38. The Labute approximate surface area is 187 Å². The van der Waals surface area contributed by atoms with Gasteiger partial charge in [-0.15, -0.1) is 0 Å². The minimum absolute atomic E-state index is 0.354. The van der Waals surface area contributed by atoms with Gasteiger partial charge in [-0.2, -0.15) is 10.9 Å². The summed E-state index contributed by atoms with van der Waals surface area (Å²) in [5, 5.41) is 7.61. The van der Waals surface area contributed by atoms with Gasteiger partial charge in [-0.1, -0.05) is 19.4 Å². The van der Waals surface area contributed by atoms with Crippen molar-refractivity contribution in [3.63, 3.8) is 0 Å². The van der Waals surface area contributed by atoms with Crippen molar-refractivity contribution in [1.29, 1.82) is 0 Å². The summed E-state index contributed by atoms with van der Waals surface area (Å²) in [4.78, 5) is 21.4. The number of hydrogen-bond donors (Lipinski definition) is 3. The van der Waals surface area contributed by atoms with Crippen LogP contribution in [0.4, 0.5) is 17.5 Å². The number of nitrogens with one attached hydrogen (secondary N) is 2. The van der Waals surface area contributed by atoms with Gasteiger partial charge in [0.05, 0.1) is 17.6 Å². The molecule has 0 aromatic carbocycles. The molecular formula is C23H30N8O. The fraction of sp³-hybridized carbons (Fsp3) is 0.435. The number of anilines is 3. The molecule has 0 unspecified atom stereocenters. The third-order valence-electron chi connectivity index (χ3n) is 6.56. The summed E-state index contributed by atoms with van der Waals surface area (Å²) in [6.07, 6.45) is 8.38. The number of piperazine rings is 1. The first-order valence-corrected chi connectivity index (χ1v) is 11.3. The van der Waals surface area contributed by atoms with Gasteiger partial charge >= 0.3 is 0 Å². The summed E-state index contributed by atoms with van der Waals surface area (Å²) in [6, 6.07) is 4.42. The third kappa shape index (κ3) is 3.78. The number of aryl methyl sites for hydroxylation is 1. The van der Waals surface area contributed by atoms with E-state index in [4.69, 9.17) is 15.7 Å². The number of rotatable bonds is 6. The lowest BCUT2D eigenvalue weighted by atomic mass is 10.2. The van der Waals surface area contributed by atoms with Gasteiger partial charge in [0, 0.05) is 43.8 Å². The van der Waals surface area contributed by atoms with Crippen molar-refractivity contribution in [1.82, 2.24) is 24.8 Å². The van der Waals surface area contributed by atoms with Crippen LogP contribution in [0.15, 0.2) is 31.1 Å². The SMILES string of the molecule is C=C(ON)c1c(C)c2cnc(Nc3ccc(N4CCNCC4)cn3)nc2n1C1CCCC1. The Morgan fingerprint density at radius 3 is 2.66 bits per heavy atom. The van der Waals surface area contributed by atoms with Crippen molar-refractivity contribution < 1.29 is 4.84 Å². The largest absolute Gasteiger partial charge is 0.410 e. The molecule has 9 nitrogen and oxygen atoms in total. The van der Waals surface area contributed by atoms with E-state index < -0.39 is 0 Å². The van der Waals surface area contributed by atoms with Crippen molar-refractivity contribution in [2.45, 2.75) is 38.6 Å². The van der Waals surface area contributed by atoms with Crippen LogP contribution in [0.3, 0.4) is 0 Å². The molecule has 0 amide bonds. The number of fused-ring (bicyclic) bond motifs is 1. The van der Waals surface area contributed by atoms with Crippen LogP contribution in [0, 0.1) is 6.92 Å². The van der Waals surface area contributed by atoms with E-state index in [1.54, 1.807) is 0 Å². The van der Waals surface area contributed by atoms with Gasteiger partial charge in [0.25, 0.3) is 0 Å². The Kier molecular flexibility index (Phi) is 5.67. The summed E-state index contributed by atoms with van der Waals surface area (Å²) in [6.45, 7) is 10.0. The Hall–Kier alpha value is -3.17. The summed E-state index contributed by atoms with van der Waals surface area (Å²) < 4.78 is 2.24. The minimum atomic E-state index is 0.354. The average molecular weight is 435 g/mol. The highest BCUT2D eigenvalue weighted by molar-refractivity contribution is 5.86. The molecule has 3 aromatic rings. The van der Waals surface area contributed by atoms with E-state index in [0.29, 0.717) is 23.6 Å². The first-order valence-electron chi connectivity index (χ1n) is 11.3. The molecule has 4 N–H and O–H groups in total. The van der Waals surface area contributed by atoms with E-state index in [0.717, 1.165) is 67.0 Å². The van der Waals surface area contributed by atoms with Gasteiger partial charge < -0.3 is 24.9 Å². The molecule has 9 heteroatoms. The molecule has 5 rings (SSSR count). The monoisotopic (exact) mass is 434 g/mol. The van der Waals surface area contributed by atoms with Crippen LogP contribution in [-0.2, 0) is 4.84 Å². The van der Waals surface area contributed by atoms with Crippen LogP contribution in [-0.4, -0.2) is 45.7 Å². The lowest BCUT2D eigenvalue weighted by molar-refractivity contribution is 0.287. The molecule has 168 valence electrons. The zero-order chi connectivity index (χ0) is 22.1. The fourth-order valence-electron chi connectivity index (χ4n) is 4.90. The molecule has 4 heterocycles. The second kappa shape index (κ2) is 8.76. The summed E-state index contributed by atoms with van der Waals surface area (Å²) >= 11 is 0. The van der Waals surface area contributed by atoms with Crippen molar-refractivity contribution in [3.05, 3.63) is 42.4 Å². The summed E-state index contributed by atoms with van der Waals surface area (Å²) in [5.41, 5.74) is 3.94. The lowest BCUT2D eigenvalue weighted by Crippen LogP contribution is -2.43. The number of aromatic nitrogens is 4. The van der Waals surface area contributed by atoms with E-state index in [1.165, 1.54) is 12.8 Å². The maximum Gasteiger partial charge on any atom is 0.230 e. The maximum atomic E-state index is 5.48. The Morgan fingerprint density at radius 2 is 1.97 bits per heavy atom. The van der Waals surface area contributed by atoms with E-state index in [1.807, 2.05) is 25.4 Å². The molecule has 0 spiro atoms. The van der Waals surface area contributed by atoms with Crippen molar-refractivity contribution >= 4 is 34.2 Å². The van der Waals surface area contributed by atoms with Crippen molar-refractivity contribution in [3.8, 4) is 0 Å². The van der Waals surface area contributed by atoms with Gasteiger partial charge in [-0.05, 0) is 37.5 Å². The molecule has 0 atom stereocenters. The van der Waals surface area contributed by atoms with Crippen LogP contribution in [0.5, 0.6) is 0 Å². The highest BCUT2D eigenvalue weighted by atomic mass is 16.6. The number of nitrogens with two attached hydrogens (primary N) is 1. The Balaban J connectivity index is 1.46. The quantitative estimate of drug-likeness (QED) is 0.401. The average Bonchev–Trinajstić information content (AvgIpc) is 3.46. The molecular weight excluding hydrogens is 404 g/mol. The number of nitrogens with zero attached hydrogens (tertiary/aromatic N) is 5. The second-order valence-electron chi connectivity index (χ2n) is 8.52. The van der Waals surface area contributed by atoms with Crippen LogP contribution in [0.1, 0.15) is 43.0 Å². The zero-order valence-electron chi connectivity index (χ0n) is 18.5. The van der Waals surface area contributed by atoms with Crippen LogP contribution in [0.2, 0.25) is 0 Å². The van der Waals surface area contributed by atoms with Crippen LogP contribution in [0.25, 0.3) is 16.8 Å². The normalized spacial score (nSPS) is 17.1. The predicted molar refractivity (Wildman–Crippen MR) is 127 cm³/mol. The third-order valence-corrected chi connectivity index (χ3v) is 6.56. The molecule has 1 saturated heterocycles. The summed E-state index contributed by atoms with van der Waals surface area (Å²) in [7, 11) is 0. The molecule has 3 aromatic heterocycles. The van der Waals surface area contributed by atoms with Gasteiger partial charge in [-0.25, -0.2) is 9.97 Å². The molecule has 0 bridgehead atoms. The number of pyridine rings is 1. The summed E-state index contributed by atoms with van der Waals surface area (Å²) in [5.74, 6) is 7.17. The number of hydrogen-bond acceptors (Lipinski definition) is 8. The van der Waals surface area contributed by atoms with Crippen molar-refractivity contribution in [2.24, 2.45) is 5.90 Å². The topological polar surface area (TPSA) is 106 Å². The van der Waals surface area contributed by atoms with Gasteiger partial charge in [0.1, 0.15) is 11.5 Å². The van der Waals surface area contributed by atoms with E-state index in [9.17, 15) is 0 Å². The standard InChI is InChI=1S/C23H30N8O/c1-15-19-14-27-23(28-20-8-7-18(13-26-20)30-11-9-25-10-12-30)29-22(19)31(17-5-3-4-6-17)21(15)16(2)32-24/h7-8,13-14,17,25H,2-6,9-12,24H2,1H3,(H,26,27,28,29). The highest BCUT2D eigenvalue weighted by Gasteiger charge is 2.27. The molecule has 2 aliphatic rings. The minimum Gasteiger partial charge on any atom is -0.410 e. The second-order valence-corrected chi connectivity index (χ2v) is 8.52. The molecule has 0 radical (unpaired) electrons. The zero-order valence-corrected chi connectivity index (χ0v) is 18.5. The van der Waals surface area contributed by atoms with Crippen LogP contribution >= 0.6 is 0 Å². The van der Waals surface area contributed by atoms with Gasteiger partial charge in [0.15, 0.2) is 5.76 Å². The lowest BCUT2D eigenvalue weighted by Gasteiger charge is -2.29. The molecule has 1 aliphatic carbocycles. The first-order chi connectivity index (χ1) is 15.7. The van der Waals surface area contributed by atoms with Crippen molar-refractivity contribution in [2.75, 3.05) is 36.4 Å². The van der Waals surface area contributed by atoms with E-state index >= 15 is 0 Å². The van der Waals surface area contributed by atoms with E-state index in [-0.39, 0.29) is 0 Å². The van der Waals surface area contributed by atoms with E-state index in [2.05, 4.69) is 42.7 Å². The fourth-order valence-corrected chi connectivity index (χ4v) is 4.90. The van der Waals surface area contributed by atoms with Crippen LogP contribution < -0.4 is 21.4 Å². The van der Waals surface area contributed by atoms with Gasteiger partial charge in [-0.3, -0.25) is 0 Å². The molecule has 32 heavy (non-hydrogen) atoms. The smallest absolute Gasteiger partial charge is 0.230 e. The first kappa shape index (κ1) is 20.7. The molecule has 1 aliphatic heterocycles. The predicted octanol–water partition coefficient (Wildman–Crippen LogP) is 3.26. The molecule has 1 saturated carbocycles. The maximum absolute atomic E-state index is 5.48. The Morgan fingerprint density at radius 1 is 1.19 bits per heavy atom. The van der Waals surface area contributed by atoms with Gasteiger partial charge in [0.2, 0.25) is 5.95 Å².